The molecule has 1 unspecified atom stereocenters. The van der Waals surface area contributed by atoms with E-state index in [9.17, 15) is 0 Å². The molecule has 1 heterocycles. The molecule has 1 atom stereocenters. The number of hydrogen-bond acceptors (Lipinski definition) is 2. The first-order valence-electron chi connectivity index (χ1n) is 5.75. The average Bonchev–Trinajstić information content (AvgIpc) is 2.95. The van der Waals surface area contributed by atoms with Crippen molar-refractivity contribution in [3.63, 3.8) is 0 Å². The van der Waals surface area contributed by atoms with E-state index < -0.39 is 0 Å². The summed E-state index contributed by atoms with van der Waals surface area (Å²) in [7, 11) is 0. The first-order chi connectivity index (χ1) is 7.40. The maximum absolute atomic E-state index is 3.80. The molecular weight excluding hydrogens is 202 g/mol. The molecular formula is C13H19NS. The van der Waals surface area contributed by atoms with Gasteiger partial charge in [-0.3, -0.25) is 0 Å². The molecule has 1 N–H and O–H groups in total. The Kier molecular flexibility index (Phi) is 3.98. The van der Waals surface area contributed by atoms with E-state index in [-0.39, 0.29) is 0 Å². The molecule has 0 aliphatic heterocycles. The molecule has 0 amide bonds. The van der Waals surface area contributed by atoms with E-state index in [4.69, 9.17) is 0 Å². The van der Waals surface area contributed by atoms with Crippen LogP contribution >= 0.6 is 11.3 Å². The van der Waals surface area contributed by atoms with Crippen molar-refractivity contribution in [3.05, 3.63) is 35.0 Å². The Morgan fingerprint density at radius 3 is 3.07 bits per heavy atom. The lowest BCUT2D eigenvalue weighted by Gasteiger charge is -2.16. The lowest BCUT2D eigenvalue weighted by atomic mass is 10.1. The molecule has 1 aromatic heterocycles. The predicted octanol–water partition coefficient (Wildman–Crippen LogP) is 3.58. The highest BCUT2D eigenvalue weighted by molar-refractivity contribution is 7.07. The van der Waals surface area contributed by atoms with Crippen LogP contribution in [0.25, 0.3) is 0 Å². The number of allylic oxidation sites excluding steroid dienone is 1. The van der Waals surface area contributed by atoms with Crippen LogP contribution in [-0.4, -0.2) is 6.04 Å². The minimum Gasteiger partial charge on any atom is -0.310 e. The van der Waals surface area contributed by atoms with Crippen molar-refractivity contribution < 1.29 is 0 Å². The predicted molar refractivity (Wildman–Crippen MR) is 67.1 cm³/mol. The number of nitrogens with one attached hydrogen (secondary N) is 1. The van der Waals surface area contributed by atoms with E-state index >= 15 is 0 Å². The molecule has 1 aromatic rings. The van der Waals surface area contributed by atoms with Crippen molar-refractivity contribution in [2.75, 3.05) is 0 Å². The maximum atomic E-state index is 3.80. The summed E-state index contributed by atoms with van der Waals surface area (Å²) < 4.78 is 0. The molecule has 1 aliphatic rings. The van der Waals surface area contributed by atoms with Crippen LogP contribution in [0.2, 0.25) is 0 Å². The van der Waals surface area contributed by atoms with Crippen LogP contribution in [0.15, 0.2) is 29.5 Å². The fraction of sp³-hybridized carbons (Fsp3) is 0.538. The number of rotatable bonds is 7. The van der Waals surface area contributed by atoms with Gasteiger partial charge >= 0.3 is 0 Å². The van der Waals surface area contributed by atoms with Crippen molar-refractivity contribution >= 4 is 11.3 Å². The fourth-order valence-electron chi connectivity index (χ4n) is 1.94. The van der Waals surface area contributed by atoms with Gasteiger partial charge < -0.3 is 5.32 Å². The Morgan fingerprint density at radius 2 is 2.47 bits per heavy atom. The summed E-state index contributed by atoms with van der Waals surface area (Å²) in [4.78, 5) is 0. The minimum absolute atomic E-state index is 0.711. The lowest BCUT2D eigenvalue weighted by molar-refractivity contribution is 0.437. The van der Waals surface area contributed by atoms with Gasteiger partial charge in [0.05, 0.1) is 0 Å². The highest BCUT2D eigenvalue weighted by Crippen LogP contribution is 2.34. The summed E-state index contributed by atoms with van der Waals surface area (Å²) in [6.45, 7) is 4.83. The molecule has 0 bridgehead atoms. The van der Waals surface area contributed by atoms with Gasteiger partial charge in [0.15, 0.2) is 0 Å². The molecule has 15 heavy (non-hydrogen) atoms. The summed E-state index contributed by atoms with van der Waals surface area (Å²) in [6.07, 6.45) is 7.24. The first-order valence-corrected chi connectivity index (χ1v) is 6.70. The second kappa shape index (κ2) is 5.47. The second-order valence-corrected chi connectivity index (χ2v) is 5.10. The molecule has 0 aromatic carbocycles. The molecule has 1 aliphatic carbocycles. The van der Waals surface area contributed by atoms with Gasteiger partial charge in [0.1, 0.15) is 0 Å². The molecule has 1 fully saturated rings. The quantitative estimate of drug-likeness (QED) is 0.694. The lowest BCUT2D eigenvalue weighted by Crippen LogP contribution is -2.30. The van der Waals surface area contributed by atoms with Gasteiger partial charge in [-0.05, 0) is 54.0 Å². The third kappa shape index (κ3) is 3.47. The van der Waals surface area contributed by atoms with Crippen LogP contribution < -0.4 is 5.32 Å². The number of thiophene rings is 1. The van der Waals surface area contributed by atoms with Crippen molar-refractivity contribution in [1.82, 2.24) is 5.32 Å². The summed E-state index contributed by atoms with van der Waals surface area (Å²) in [5.41, 5.74) is 1.42. The molecule has 2 rings (SSSR count). The van der Waals surface area contributed by atoms with Crippen LogP contribution in [0.3, 0.4) is 0 Å². The highest BCUT2D eigenvalue weighted by Gasteiger charge is 2.29. The molecule has 0 saturated heterocycles. The SMILES string of the molecule is C=CCCC(NCc1ccsc1)C1CC1. The van der Waals surface area contributed by atoms with Crippen molar-refractivity contribution in [3.8, 4) is 0 Å². The highest BCUT2D eigenvalue weighted by atomic mass is 32.1. The van der Waals surface area contributed by atoms with Gasteiger partial charge in [-0.25, -0.2) is 0 Å². The summed E-state index contributed by atoms with van der Waals surface area (Å²) in [5.74, 6) is 0.934. The summed E-state index contributed by atoms with van der Waals surface area (Å²) >= 11 is 1.78. The standard InChI is InChI=1S/C13H19NS/c1-2-3-4-13(12-5-6-12)14-9-11-7-8-15-10-11/h2,7-8,10,12-14H,1,3-6,9H2. The smallest absolute Gasteiger partial charge is 0.0216 e. The van der Waals surface area contributed by atoms with Gasteiger partial charge in [-0.1, -0.05) is 6.08 Å². The van der Waals surface area contributed by atoms with E-state index in [1.54, 1.807) is 11.3 Å². The summed E-state index contributed by atoms with van der Waals surface area (Å²) in [6, 6.07) is 2.91. The molecule has 82 valence electrons. The number of hydrogen-bond donors (Lipinski definition) is 1. The molecule has 1 saturated carbocycles. The molecule has 1 nitrogen and oxygen atoms in total. The molecule has 0 radical (unpaired) electrons. The van der Waals surface area contributed by atoms with Crippen LogP contribution in [0.1, 0.15) is 31.2 Å². The van der Waals surface area contributed by atoms with Crippen LogP contribution in [0.5, 0.6) is 0 Å². The fourth-order valence-corrected chi connectivity index (χ4v) is 2.61. The second-order valence-electron chi connectivity index (χ2n) is 4.32. The van der Waals surface area contributed by atoms with Crippen molar-refractivity contribution in [2.45, 2.75) is 38.3 Å². The Labute approximate surface area is 96.2 Å². The molecule has 2 heteroatoms. The monoisotopic (exact) mass is 221 g/mol. The van der Waals surface area contributed by atoms with Gasteiger partial charge in [0, 0.05) is 12.6 Å². The van der Waals surface area contributed by atoms with Gasteiger partial charge in [-0.2, -0.15) is 11.3 Å². The molecule has 0 spiro atoms. The van der Waals surface area contributed by atoms with E-state index in [1.807, 2.05) is 6.08 Å². The zero-order chi connectivity index (χ0) is 10.5. The van der Waals surface area contributed by atoms with Gasteiger partial charge in [-0.15, -0.1) is 6.58 Å². The topological polar surface area (TPSA) is 12.0 Å². The maximum Gasteiger partial charge on any atom is 0.0216 e. The van der Waals surface area contributed by atoms with E-state index in [1.165, 1.54) is 24.8 Å². The third-order valence-corrected chi connectivity index (χ3v) is 3.75. The van der Waals surface area contributed by atoms with E-state index in [2.05, 4.69) is 28.7 Å². The van der Waals surface area contributed by atoms with Crippen LogP contribution in [0.4, 0.5) is 0 Å². The van der Waals surface area contributed by atoms with Crippen LogP contribution in [-0.2, 0) is 6.54 Å². The van der Waals surface area contributed by atoms with Gasteiger partial charge in [0.25, 0.3) is 0 Å². The normalized spacial score (nSPS) is 17.6. The Balaban J connectivity index is 1.76. The summed E-state index contributed by atoms with van der Waals surface area (Å²) in [5, 5.41) is 8.05. The minimum atomic E-state index is 0.711. The zero-order valence-electron chi connectivity index (χ0n) is 9.11. The van der Waals surface area contributed by atoms with Crippen molar-refractivity contribution in [1.29, 1.82) is 0 Å². The third-order valence-electron chi connectivity index (χ3n) is 3.02. The van der Waals surface area contributed by atoms with Crippen LogP contribution in [0, 0.1) is 5.92 Å². The Morgan fingerprint density at radius 1 is 1.60 bits per heavy atom. The zero-order valence-corrected chi connectivity index (χ0v) is 9.93. The van der Waals surface area contributed by atoms with E-state index in [0.717, 1.165) is 18.9 Å². The van der Waals surface area contributed by atoms with Crippen molar-refractivity contribution in [2.24, 2.45) is 5.92 Å². The van der Waals surface area contributed by atoms with Gasteiger partial charge in [0.2, 0.25) is 0 Å². The Bertz CT molecular complexity index is 287. The van der Waals surface area contributed by atoms with E-state index in [0.29, 0.717) is 6.04 Å². The Hall–Kier alpha value is -0.600. The largest absolute Gasteiger partial charge is 0.310 e. The average molecular weight is 221 g/mol. The first kappa shape index (κ1) is 10.9.